The van der Waals surface area contributed by atoms with Crippen LogP contribution in [0.2, 0.25) is 5.02 Å². The number of nitrogens with one attached hydrogen (secondary N) is 2. The van der Waals surface area contributed by atoms with Crippen molar-refractivity contribution in [2.24, 2.45) is 0 Å². The molecule has 0 aliphatic carbocycles. The van der Waals surface area contributed by atoms with Crippen molar-refractivity contribution in [3.63, 3.8) is 0 Å². The molecule has 0 amide bonds. The number of hydrogen-bond acceptors (Lipinski definition) is 3. The largest absolute Gasteiger partial charge is 0.496 e. The van der Waals surface area contributed by atoms with Gasteiger partial charge in [0.25, 0.3) is 5.56 Å². The predicted molar refractivity (Wildman–Crippen MR) is 101 cm³/mol. The van der Waals surface area contributed by atoms with E-state index in [4.69, 9.17) is 21.6 Å². The molecule has 4 aromatic rings. The van der Waals surface area contributed by atoms with E-state index in [2.05, 4.69) is 10.1 Å². The highest BCUT2D eigenvalue weighted by Gasteiger charge is 2.17. The van der Waals surface area contributed by atoms with Gasteiger partial charge in [-0.3, -0.25) is 9.89 Å². The molecule has 7 heteroatoms. The van der Waals surface area contributed by atoms with E-state index < -0.39 is 0 Å². The molecule has 26 heavy (non-hydrogen) atoms. The van der Waals surface area contributed by atoms with Gasteiger partial charge in [0.2, 0.25) is 0 Å². The van der Waals surface area contributed by atoms with E-state index in [0.29, 0.717) is 23.2 Å². The average Bonchev–Trinajstić information content (AvgIpc) is 3.24. The molecule has 0 saturated heterocycles. The first-order valence-corrected chi connectivity index (χ1v) is 8.37. The van der Waals surface area contributed by atoms with Crippen LogP contribution in [0, 0.1) is 18.3 Å². The summed E-state index contributed by atoms with van der Waals surface area (Å²) in [6.45, 7) is 2.30. The number of nitrogens with zero attached hydrogens (tertiary/aromatic N) is 2. The van der Waals surface area contributed by atoms with Crippen LogP contribution in [0.4, 0.5) is 0 Å². The van der Waals surface area contributed by atoms with Crippen molar-refractivity contribution in [2.75, 3.05) is 7.11 Å². The second kappa shape index (κ2) is 5.97. The highest BCUT2D eigenvalue weighted by atomic mass is 35.5. The highest BCUT2D eigenvalue weighted by Crippen LogP contribution is 2.31. The summed E-state index contributed by atoms with van der Waals surface area (Å²) in [4.78, 5) is 16.1. The fourth-order valence-corrected chi connectivity index (χ4v) is 3.63. The molecule has 0 aliphatic heterocycles. The summed E-state index contributed by atoms with van der Waals surface area (Å²) < 4.78 is 7.02. The maximum atomic E-state index is 12.9. The topological polar surface area (TPSA) is 86.6 Å². The van der Waals surface area contributed by atoms with E-state index in [9.17, 15) is 4.79 Å². The molecule has 4 rings (SSSR count). The number of aromatic nitrogens is 3. The Kier molecular flexibility index (Phi) is 3.74. The summed E-state index contributed by atoms with van der Waals surface area (Å²) in [5.41, 5.74) is 3.57. The third-order valence-corrected chi connectivity index (χ3v) is 5.02. The molecule has 0 atom stereocenters. The number of nitriles is 1. The molecular formula is C19H15ClN4O2. The summed E-state index contributed by atoms with van der Waals surface area (Å²) in [7, 11) is 1.61. The maximum Gasteiger partial charge on any atom is 0.276 e. The normalized spacial score (nSPS) is 11.2. The number of ether oxygens (including phenoxy) is 1. The average molecular weight is 367 g/mol. The van der Waals surface area contributed by atoms with Gasteiger partial charge in [0, 0.05) is 22.7 Å². The summed E-state index contributed by atoms with van der Waals surface area (Å²) >= 11 is 6.23. The second-order valence-electron chi connectivity index (χ2n) is 6.11. The number of aromatic amines is 2. The van der Waals surface area contributed by atoms with E-state index in [1.54, 1.807) is 19.2 Å². The van der Waals surface area contributed by atoms with Crippen LogP contribution >= 0.6 is 11.6 Å². The quantitative estimate of drug-likeness (QED) is 0.579. The maximum absolute atomic E-state index is 12.9. The van der Waals surface area contributed by atoms with Crippen LogP contribution < -0.4 is 10.3 Å². The van der Waals surface area contributed by atoms with E-state index in [1.165, 1.54) is 4.68 Å². The fraction of sp³-hybridized carbons (Fsp3) is 0.158. The van der Waals surface area contributed by atoms with Crippen molar-refractivity contribution >= 4 is 33.4 Å². The van der Waals surface area contributed by atoms with Gasteiger partial charge in [-0.1, -0.05) is 11.6 Å². The standard InChI is InChI=1S/C19H15ClN4O2/c1-10-7-15(26-2)13(12-5-6-22-18(10)12)9-24-19(25)16-14(23-24)4-3-11(8-21)17(16)20/h3-7,22-23H,9H2,1-2H3. The molecule has 2 aromatic heterocycles. The Hall–Kier alpha value is -3.17. The lowest BCUT2D eigenvalue weighted by atomic mass is 10.0. The molecular weight excluding hydrogens is 352 g/mol. The Morgan fingerprint density at radius 2 is 2.15 bits per heavy atom. The molecule has 6 nitrogen and oxygen atoms in total. The summed E-state index contributed by atoms with van der Waals surface area (Å²) in [6, 6.07) is 9.20. The van der Waals surface area contributed by atoms with Gasteiger partial charge in [-0.2, -0.15) is 5.26 Å². The number of aryl methyl sites for hydroxylation is 1. The van der Waals surface area contributed by atoms with Crippen molar-refractivity contribution in [3.05, 3.63) is 62.5 Å². The number of halogens is 1. The van der Waals surface area contributed by atoms with E-state index in [1.807, 2.05) is 31.3 Å². The van der Waals surface area contributed by atoms with Crippen molar-refractivity contribution in [1.82, 2.24) is 14.8 Å². The van der Waals surface area contributed by atoms with Gasteiger partial charge in [0.1, 0.15) is 11.8 Å². The van der Waals surface area contributed by atoms with Crippen LogP contribution in [0.3, 0.4) is 0 Å². The minimum Gasteiger partial charge on any atom is -0.496 e. The van der Waals surface area contributed by atoms with Gasteiger partial charge >= 0.3 is 0 Å². The van der Waals surface area contributed by atoms with E-state index in [0.717, 1.165) is 22.0 Å². The molecule has 0 bridgehead atoms. The zero-order chi connectivity index (χ0) is 18.4. The minimum absolute atomic E-state index is 0.174. The van der Waals surface area contributed by atoms with Crippen LogP contribution in [0.15, 0.2) is 35.3 Å². The Bertz CT molecular complexity index is 1260. The second-order valence-corrected chi connectivity index (χ2v) is 6.48. The summed E-state index contributed by atoms with van der Waals surface area (Å²) in [5, 5.41) is 13.7. The molecule has 2 N–H and O–H groups in total. The van der Waals surface area contributed by atoms with Gasteiger partial charge in [-0.05, 0) is 36.8 Å². The van der Waals surface area contributed by atoms with Crippen LogP contribution in [0.5, 0.6) is 5.75 Å². The van der Waals surface area contributed by atoms with Gasteiger partial charge in [-0.15, -0.1) is 0 Å². The Morgan fingerprint density at radius 1 is 1.35 bits per heavy atom. The summed E-state index contributed by atoms with van der Waals surface area (Å²) in [6.07, 6.45) is 1.87. The number of benzene rings is 2. The molecule has 2 heterocycles. The molecule has 2 aromatic carbocycles. The van der Waals surface area contributed by atoms with Gasteiger partial charge in [-0.25, -0.2) is 4.68 Å². The molecule has 0 fully saturated rings. The van der Waals surface area contributed by atoms with Crippen molar-refractivity contribution in [1.29, 1.82) is 5.26 Å². The van der Waals surface area contributed by atoms with Crippen LogP contribution in [-0.2, 0) is 6.54 Å². The molecule has 0 spiro atoms. The van der Waals surface area contributed by atoms with Crippen molar-refractivity contribution < 1.29 is 4.74 Å². The van der Waals surface area contributed by atoms with Crippen molar-refractivity contribution in [2.45, 2.75) is 13.5 Å². The number of fused-ring (bicyclic) bond motifs is 2. The first kappa shape index (κ1) is 16.3. The number of hydrogen-bond donors (Lipinski definition) is 2. The third kappa shape index (κ3) is 2.29. The zero-order valence-corrected chi connectivity index (χ0v) is 14.9. The predicted octanol–water partition coefficient (Wildman–Crippen LogP) is 3.70. The number of methoxy groups -OCH3 is 1. The van der Waals surface area contributed by atoms with Crippen LogP contribution in [0.1, 0.15) is 16.7 Å². The van der Waals surface area contributed by atoms with E-state index in [-0.39, 0.29) is 16.1 Å². The lowest BCUT2D eigenvalue weighted by Gasteiger charge is -2.12. The minimum atomic E-state index is -0.270. The molecule has 0 unspecified atom stereocenters. The number of rotatable bonds is 3. The zero-order valence-electron chi connectivity index (χ0n) is 14.2. The SMILES string of the molecule is COc1cc(C)c2[nH]ccc2c1Cn1[nH]c2ccc(C#N)c(Cl)c2c1=O. The lowest BCUT2D eigenvalue weighted by molar-refractivity contribution is 0.408. The number of H-pyrrole nitrogens is 2. The Morgan fingerprint density at radius 3 is 2.88 bits per heavy atom. The van der Waals surface area contributed by atoms with Gasteiger partial charge in [0.15, 0.2) is 0 Å². The Balaban J connectivity index is 1.93. The summed E-state index contributed by atoms with van der Waals surface area (Å²) in [5.74, 6) is 0.712. The van der Waals surface area contributed by atoms with E-state index >= 15 is 0 Å². The van der Waals surface area contributed by atoms with Crippen molar-refractivity contribution in [3.8, 4) is 11.8 Å². The lowest BCUT2D eigenvalue weighted by Crippen LogP contribution is -2.18. The molecule has 130 valence electrons. The molecule has 0 radical (unpaired) electrons. The monoisotopic (exact) mass is 366 g/mol. The first-order chi connectivity index (χ1) is 12.5. The fourth-order valence-electron chi connectivity index (χ4n) is 3.35. The highest BCUT2D eigenvalue weighted by molar-refractivity contribution is 6.36. The van der Waals surface area contributed by atoms with Gasteiger partial charge < -0.3 is 9.72 Å². The van der Waals surface area contributed by atoms with Crippen LogP contribution in [-0.4, -0.2) is 21.9 Å². The molecule has 0 aliphatic rings. The van der Waals surface area contributed by atoms with Gasteiger partial charge in [0.05, 0.1) is 35.1 Å². The smallest absolute Gasteiger partial charge is 0.276 e. The molecule has 0 saturated carbocycles. The first-order valence-electron chi connectivity index (χ1n) is 7.99. The third-order valence-electron chi connectivity index (χ3n) is 4.62. The van der Waals surface area contributed by atoms with Crippen LogP contribution in [0.25, 0.3) is 21.8 Å². The Labute approximate surface area is 153 Å².